The highest BCUT2D eigenvalue weighted by molar-refractivity contribution is 6.02. The van der Waals surface area contributed by atoms with E-state index in [1.807, 2.05) is 61.5 Å². The minimum Gasteiger partial charge on any atom is -0.457 e. The smallest absolute Gasteiger partial charge is 0.275 e. The van der Waals surface area contributed by atoms with Crippen molar-refractivity contribution in [1.82, 2.24) is 9.97 Å². The Morgan fingerprint density at radius 2 is 1.57 bits per heavy atom. The minimum atomic E-state index is -0.332. The van der Waals surface area contributed by atoms with Gasteiger partial charge in [0.25, 0.3) is 5.91 Å². The molecule has 30 heavy (non-hydrogen) atoms. The van der Waals surface area contributed by atoms with Gasteiger partial charge >= 0.3 is 0 Å². The molecule has 0 bridgehead atoms. The molecule has 4 aromatic rings. The molecule has 0 saturated carbocycles. The van der Waals surface area contributed by atoms with Crippen molar-refractivity contribution in [3.8, 4) is 11.5 Å². The van der Waals surface area contributed by atoms with Gasteiger partial charge in [-0.3, -0.25) is 4.79 Å². The lowest BCUT2D eigenvalue weighted by atomic mass is 10.2. The first kappa shape index (κ1) is 19.1. The van der Waals surface area contributed by atoms with Crippen LogP contribution in [0.4, 0.5) is 17.2 Å². The standard InChI is InChI=1S/C24H20N4O2/c1-17-6-5-7-19(14-17)27-23-16-25-22(15-26-23)24(29)28-18-10-12-21(13-11-18)30-20-8-3-2-4-9-20/h2-16H,1H3,(H,26,27)(H,28,29). The number of rotatable bonds is 6. The molecule has 3 aromatic carbocycles. The quantitative estimate of drug-likeness (QED) is 0.445. The second kappa shape index (κ2) is 8.87. The van der Waals surface area contributed by atoms with Crippen molar-refractivity contribution in [3.63, 3.8) is 0 Å². The van der Waals surface area contributed by atoms with E-state index in [9.17, 15) is 4.79 Å². The number of amides is 1. The van der Waals surface area contributed by atoms with Crippen LogP contribution in [0.1, 0.15) is 16.1 Å². The third kappa shape index (κ3) is 4.99. The molecule has 0 spiro atoms. The van der Waals surface area contributed by atoms with Gasteiger partial charge in [-0.1, -0.05) is 30.3 Å². The van der Waals surface area contributed by atoms with Gasteiger partial charge in [-0.05, 0) is 61.0 Å². The predicted octanol–water partition coefficient (Wildman–Crippen LogP) is 5.57. The van der Waals surface area contributed by atoms with Gasteiger partial charge < -0.3 is 15.4 Å². The molecule has 0 aliphatic carbocycles. The Hall–Kier alpha value is -4.19. The number of anilines is 3. The van der Waals surface area contributed by atoms with Crippen LogP contribution in [-0.4, -0.2) is 15.9 Å². The van der Waals surface area contributed by atoms with E-state index in [1.165, 1.54) is 12.4 Å². The van der Waals surface area contributed by atoms with Crippen molar-refractivity contribution < 1.29 is 9.53 Å². The summed E-state index contributed by atoms with van der Waals surface area (Å²) >= 11 is 0. The van der Waals surface area contributed by atoms with E-state index in [1.54, 1.807) is 24.3 Å². The van der Waals surface area contributed by atoms with E-state index in [4.69, 9.17) is 4.74 Å². The van der Waals surface area contributed by atoms with Crippen LogP contribution >= 0.6 is 0 Å². The van der Waals surface area contributed by atoms with Gasteiger partial charge in [-0.15, -0.1) is 0 Å². The van der Waals surface area contributed by atoms with Crippen LogP contribution in [0.3, 0.4) is 0 Å². The Balaban J connectivity index is 1.36. The van der Waals surface area contributed by atoms with Crippen molar-refractivity contribution in [2.24, 2.45) is 0 Å². The number of aryl methyl sites for hydroxylation is 1. The maximum Gasteiger partial charge on any atom is 0.275 e. The van der Waals surface area contributed by atoms with Crippen LogP contribution in [0, 0.1) is 6.92 Å². The molecule has 148 valence electrons. The SMILES string of the molecule is Cc1cccc(Nc2cnc(C(=O)Nc3ccc(Oc4ccccc4)cc3)cn2)c1. The molecule has 1 heterocycles. The lowest BCUT2D eigenvalue weighted by Gasteiger charge is -2.09. The van der Waals surface area contributed by atoms with Crippen molar-refractivity contribution in [1.29, 1.82) is 0 Å². The third-order valence-electron chi connectivity index (χ3n) is 4.27. The molecule has 0 radical (unpaired) electrons. The molecular formula is C24H20N4O2. The lowest BCUT2D eigenvalue weighted by Crippen LogP contribution is -2.14. The number of aromatic nitrogens is 2. The average Bonchev–Trinajstić information content (AvgIpc) is 2.76. The summed E-state index contributed by atoms with van der Waals surface area (Å²) in [6.45, 7) is 2.02. The van der Waals surface area contributed by atoms with Crippen molar-refractivity contribution >= 4 is 23.1 Å². The Bertz CT molecular complexity index is 1130. The van der Waals surface area contributed by atoms with Crippen LogP contribution < -0.4 is 15.4 Å². The molecule has 0 unspecified atom stereocenters. The van der Waals surface area contributed by atoms with Crippen molar-refractivity contribution in [2.75, 3.05) is 10.6 Å². The first-order valence-corrected chi connectivity index (χ1v) is 9.46. The number of hydrogen-bond donors (Lipinski definition) is 2. The van der Waals surface area contributed by atoms with Gasteiger partial charge in [0.1, 0.15) is 23.0 Å². The Morgan fingerprint density at radius 1 is 0.800 bits per heavy atom. The van der Waals surface area contributed by atoms with E-state index >= 15 is 0 Å². The van der Waals surface area contributed by atoms with Gasteiger partial charge in [0, 0.05) is 11.4 Å². The second-order valence-corrected chi connectivity index (χ2v) is 6.67. The number of carbonyl (C=O) groups excluding carboxylic acids is 1. The molecule has 0 atom stereocenters. The monoisotopic (exact) mass is 396 g/mol. The number of carbonyl (C=O) groups is 1. The fourth-order valence-corrected chi connectivity index (χ4v) is 2.81. The van der Waals surface area contributed by atoms with Crippen molar-refractivity contribution in [3.05, 3.63) is 103 Å². The summed E-state index contributed by atoms with van der Waals surface area (Å²) in [7, 11) is 0. The summed E-state index contributed by atoms with van der Waals surface area (Å²) in [5.74, 6) is 1.68. The van der Waals surface area contributed by atoms with Gasteiger partial charge in [0.05, 0.1) is 12.4 Å². The molecular weight excluding hydrogens is 376 g/mol. The lowest BCUT2D eigenvalue weighted by molar-refractivity contribution is 0.102. The second-order valence-electron chi connectivity index (χ2n) is 6.67. The van der Waals surface area contributed by atoms with Crippen LogP contribution in [0.25, 0.3) is 0 Å². The summed E-state index contributed by atoms with van der Waals surface area (Å²) in [4.78, 5) is 20.9. The fourth-order valence-electron chi connectivity index (χ4n) is 2.81. The fraction of sp³-hybridized carbons (Fsp3) is 0.0417. The van der Waals surface area contributed by atoms with Crippen LogP contribution in [0.15, 0.2) is 91.3 Å². The average molecular weight is 396 g/mol. The molecule has 6 heteroatoms. The summed E-state index contributed by atoms with van der Waals surface area (Å²) in [6, 6.07) is 24.6. The highest BCUT2D eigenvalue weighted by Crippen LogP contribution is 2.23. The van der Waals surface area contributed by atoms with Crippen molar-refractivity contribution in [2.45, 2.75) is 6.92 Å². The summed E-state index contributed by atoms with van der Waals surface area (Å²) < 4.78 is 5.75. The molecule has 1 amide bonds. The van der Waals surface area contributed by atoms with E-state index in [0.29, 0.717) is 17.3 Å². The molecule has 1 aromatic heterocycles. The molecule has 6 nitrogen and oxygen atoms in total. The predicted molar refractivity (Wildman–Crippen MR) is 117 cm³/mol. The summed E-state index contributed by atoms with van der Waals surface area (Å²) in [5, 5.41) is 5.98. The molecule has 0 saturated heterocycles. The number of nitrogens with zero attached hydrogens (tertiary/aromatic N) is 2. The molecule has 2 N–H and O–H groups in total. The zero-order valence-corrected chi connectivity index (χ0v) is 16.4. The van der Waals surface area contributed by atoms with Gasteiger partial charge in [0.15, 0.2) is 0 Å². The number of para-hydroxylation sites is 1. The van der Waals surface area contributed by atoms with Crippen LogP contribution in [-0.2, 0) is 0 Å². The Morgan fingerprint density at radius 3 is 2.27 bits per heavy atom. The zero-order chi connectivity index (χ0) is 20.8. The minimum absolute atomic E-state index is 0.231. The normalized spacial score (nSPS) is 10.3. The Kier molecular flexibility index (Phi) is 5.66. The van der Waals surface area contributed by atoms with E-state index in [-0.39, 0.29) is 11.6 Å². The van der Waals surface area contributed by atoms with Gasteiger partial charge in [-0.2, -0.15) is 0 Å². The van der Waals surface area contributed by atoms with E-state index in [2.05, 4.69) is 20.6 Å². The molecule has 0 fully saturated rings. The first-order chi connectivity index (χ1) is 14.7. The summed E-state index contributed by atoms with van der Waals surface area (Å²) in [5.41, 5.74) is 2.93. The number of hydrogen-bond acceptors (Lipinski definition) is 5. The Labute approximate surface area is 174 Å². The largest absolute Gasteiger partial charge is 0.457 e. The van der Waals surface area contributed by atoms with E-state index in [0.717, 1.165) is 17.0 Å². The maximum absolute atomic E-state index is 12.4. The maximum atomic E-state index is 12.4. The van der Waals surface area contributed by atoms with Crippen LogP contribution in [0.2, 0.25) is 0 Å². The third-order valence-corrected chi connectivity index (χ3v) is 4.27. The number of ether oxygens (including phenoxy) is 1. The van der Waals surface area contributed by atoms with Gasteiger partial charge in [-0.25, -0.2) is 9.97 Å². The molecule has 0 aliphatic rings. The number of nitrogens with one attached hydrogen (secondary N) is 2. The van der Waals surface area contributed by atoms with E-state index < -0.39 is 0 Å². The molecule has 0 aliphatic heterocycles. The highest BCUT2D eigenvalue weighted by Gasteiger charge is 2.09. The highest BCUT2D eigenvalue weighted by atomic mass is 16.5. The molecule has 4 rings (SSSR count). The zero-order valence-electron chi connectivity index (χ0n) is 16.4. The first-order valence-electron chi connectivity index (χ1n) is 9.46. The summed E-state index contributed by atoms with van der Waals surface area (Å²) in [6.07, 6.45) is 2.98. The number of benzene rings is 3. The van der Waals surface area contributed by atoms with Gasteiger partial charge in [0.2, 0.25) is 0 Å². The van der Waals surface area contributed by atoms with Crippen LogP contribution in [0.5, 0.6) is 11.5 Å². The topological polar surface area (TPSA) is 76.1 Å².